The van der Waals surface area contributed by atoms with Crippen LogP contribution in [0.2, 0.25) is 0 Å². The van der Waals surface area contributed by atoms with Crippen molar-refractivity contribution in [2.45, 2.75) is 19.4 Å². The first-order valence-electron chi connectivity index (χ1n) is 7.79. The number of benzene rings is 2. The second kappa shape index (κ2) is 6.79. The fourth-order valence-corrected chi connectivity index (χ4v) is 2.93. The van der Waals surface area contributed by atoms with E-state index in [1.807, 2.05) is 18.2 Å². The van der Waals surface area contributed by atoms with E-state index in [4.69, 9.17) is 4.74 Å². The summed E-state index contributed by atoms with van der Waals surface area (Å²) in [5.74, 6) is 1.49. The van der Waals surface area contributed by atoms with Crippen LogP contribution in [-0.2, 0) is 11.3 Å². The lowest BCUT2D eigenvalue weighted by molar-refractivity contribution is -0.122. The molecule has 0 saturated carbocycles. The number of carbonyl (C=O) groups excluding carboxylic acids is 1. The fraction of sp³-hybridized carbons (Fsp3) is 0.389. The lowest BCUT2D eigenvalue weighted by Gasteiger charge is -2.10. The minimum Gasteiger partial charge on any atom is -0.497 e. The highest BCUT2D eigenvalue weighted by molar-refractivity contribution is 5.84. The van der Waals surface area contributed by atoms with Crippen molar-refractivity contribution in [3.05, 3.63) is 42.0 Å². The van der Waals surface area contributed by atoms with Crippen molar-refractivity contribution in [1.29, 1.82) is 0 Å². The molecule has 0 aromatic heterocycles. The van der Waals surface area contributed by atoms with Gasteiger partial charge in [0, 0.05) is 13.0 Å². The zero-order valence-electron chi connectivity index (χ0n) is 12.9. The summed E-state index contributed by atoms with van der Waals surface area (Å²) in [4.78, 5) is 12.0. The van der Waals surface area contributed by atoms with Gasteiger partial charge in [0.15, 0.2) is 0 Å². The van der Waals surface area contributed by atoms with Crippen LogP contribution < -0.4 is 15.4 Å². The Morgan fingerprint density at radius 1 is 1.27 bits per heavy atom. The zero-order valence-corrected chi connectivity index (χ0v) is 12.9. The van der Waals surface area contributed by atoms with Gasteiger partial charge in [-0.15, -0.1) is 0 Å². The van der Waals surface area contributed by atoms with E-state index in [-0.39, 0.29) is 5.91 Å². The molecule has 2 aromatic carbocycles. The summed E-state index contributed by atoms with van der Waals surface area (Å²) in [6.07, 6.45) is 1.73. The van der Waals surface area contributed by atoms with Gasteiger partial charge in [-0.1, -0.05) is 18.2 Å². The molecule has 2 aromatic rings. The highest BCUT2D eigenvalue weighted by Gasteiger charge is 2.17. The van der Waals surface area contributed by atoms with Gasteiger partial charge in [-0.3, -0.25) is 4.79 Å². The van der Waals surface area contributed by atoms with Crippen LogP contribution in [0.25, 0.3) is 10.8 Å². The van der Waals surface area contributed by atoms with E-state index in [1.165, 1.54) is 0 Å². The highest BCUT2D eigenvalue weighted by Crippen LogP contribution is 2.22. The van der Waals surface area contributed by atoms with Crippen LogP contribution in [0, 0.1) is 5.92 Å². The molecule has 22 heavy (non-hydrogen) atoms. The third kappa shape index (κ3) is 3.57. The van der Waals surface area contributed by atoms with Crippen molar-refractivity contribution >= 4 is 16.7 Å². The second-order valence-electron chi connectivity index (χ2n) is 5.89. The van der Waals surface area contributed by atoms with Crippen molar-refractivity contribution in [3.8, 4) is 5.75 Å². The molecule has 1 aliphatic rings. The molecule has 0 spiro atoms. The molecule has 116 valence electrons. The fourth-order valence-electron chi connectivity index (χ4n) is 2.93. The maximum absolute atomic E-state index is 12.0. The summed E-state index contributed by atoms with van der Waals surface area (Å²) in [6.45, 7) is 2.58. The number of nitrogens with one attached hydrogen (secondary N) is 2. The quantitative estimate of drug-likeness (QED) is 0.891. The third-order valence-electron chi connectivity index (χ3n) is 4.24. The van der Waals surface area contributed by atoms with Crippen LogP contribution in [0.5, 0.6) is 5.75 Å². The summed E-state index contributed by atoms with van der Waals surface area (Å²) < 4.78 is 5.23. The smallest absolute Gasteiger partial charge is 0.220 e. The number of methoxy groups -OCH3 is 1. The molecule has 1 atom stereocenters. The summed E-state index contributed by atoms with van der Waals surface area (Å²) in [7, 11) is 1.67. The van der Waals surface area contributed by atoms with Crippen LogP contribution in [0.1, 0.15) is 18.4 Å². The number of hydrogen-bond acceptors (Lipinski definition) is 3. The van der Waals surface area contributed by atoms with Gasteiger partial charge in [0.05, 0.1) is 7.11 Å². The summed E-state index contributed by atoms with van der Waals surface area (Å²) in [6, 6.07) is 12.3. The Kier molecular flexibility index (Phi) is 4.59. The lowest BCUT2D eigenvalue weighted by Crippen LogP contribution is -2.25. The maximum atomic E-state index is 12.0. The summed E-state index contributed by atoms with van der Waals surface area (Å²) in [5.41, 5.74) is 1.12. The van der Waals surface area contributed by atoms with Crippen molar-refractivity contribution in [3.63, 3.8) is 0 Å². The number of rotatable bonds is 5. The Bertz CT molecular complexity index is 663. The average Bonchev–Trinajstić information content (AvgIpc) is 3.05. The van der Waals surface area contributed by atoms with E-state index in [1.54, 1.807) is 7.11 Å². The number of carbonyl (C=O) groups is 1. The van der Waals surface area contributed by atoms with Gasteiger partial charge in [-0.05, 0) is 60.0 Å². The number of fused-ring (bicyclic) bond motifs is 1. The molecule has 1 unspecified atom stereocenters. The molecule has 4 nitrogen and oxygen atoms in total. The average molecular weight is 298 g/mol. The Labute approximate surface area is 130 Å². The standard InChI is InChI=1S/C18H22N2O2/c1-22-17-5-4-15-8-13(2-3-16(15)10-17)12-20-18(21)9-14-6-7-19-11-14/h2-5,8,10,14,19H,6-7,9,11-12H2,1H3,(H,20,21). The molecule has 1 heterocycles. The van der Waals surface area contributed by atoms with Crippen molar-refractivity contribution < 1.29 is 9.53 Å². The highest BCUT2D eigenvalue weighted by atomic mass is 16.5. The molecule has 0 bridgehead atoms. The molecule has 1 aliphatic heterocycles. The normalized spacial score (nSPS) is 17.6. The van der Waals surface area contributed by atoms with Crippen LogP contribution in [0.15, 0.2) is 36.4 Å². The van der Waals surface area contributed by atoms with Gasteiger partial charge in [0.25, 0.3) is 0 Å². The van der Waals surface area contributed by atoms with Gasteiger partial charge < -0.3 is 15.4 Å². The first-order chi connectivity index (χ1) is 10.7. The Hall–Kier alpha value is -2.07. The number of amides is 1. The maximum Gasteiger partial charge on any atom is 0.220 e. The van der Waals surface area contributed by atoms with Crippen LogP contribution >= 0.6 is 0 Å². The summed E-state index contributed by atoms with van der Waals surface area (Å²) in [5, 5.41) is 8.62. The first kappa shape index (κ1) is 14.9. The topological polar surface area (TPSA) is 50.4 Å². The van der Waals surface area contributed by atoms with Crippen molar-refractivity contribution in [1.82, 2.24) is 10.6 Å². The second-order valence-corrected chi connectivity index (χ2v) is 5.89. The van der Waals surface area contributed by atoms with E-state index in [0.717, 1.165) is 41.6 Å². The van der Waals surface area contributed by atoms with E-state index in [9.17, 15) is 4.79 Å². The molecule has 1 fully saturated rings. The molecule has 3 rings (SSSR count). The van der Waals surface area contributed by atoms with E-state index < -0.39 is 0 Å². The minimum absolute atomic E-state index is 0.142. The molecule has 2 N–H and O–H groups in total. The van der Waals surface area contributed by atoms with Gasteiger partial charge >= 0.3 is 0 Å². The molecule has 4 heteroatoms. The molecular weight excluding hydrogens is 276 g/mol. The largest absolute Gasteiger partial charge is 0.497 e. The van der Waals surface area contributed by atoms with Crippen LogP contribution in [0.3, 0.4) is 0 Å². The minimum atomic E-state index is 0.142. The Morgan fingerprint density at radius 2 is 2.09 bits per heavy atom. The number of hydrogen-bond donors (Lipinski definition) is 2. The number of ether oxygens (including phenoxy) is 1. The monoisotopic (exact) mass is 298 g/mol. The Balaban J connectivity index is 1.60. The van der Waals surface area contributed by atoms with Crippen LogP contribution in [0.4, 0.5) is 0 Å². The van der Waals surface area contributed by atoms with Gasteiger partial charge in [0.2, 0.25) is 5.91 Å². The molecule has 1 amide bonds. The SMILES string of the molecule is COc1ccc2cc(CNC(=O)CC3CCNC3)ccc2c1. The Morgan fingerprint density at radius 3 is 2.86 bits per heavy atom. The van der Waals surface area contributed by atoms with Gasteiger partial charge in [-0.2, -0.15) is 0 Å². The van der Waals surface area contributed by atoms with E-state index in [0.29, 0.717) is 18.9 Å². The summed E-state index contributed by atoms with van der Waals surface area (Å²) >= 11 is 0. The third-order valence-corrected chi connectivity index (χ3v) is 4.24. The molecule has 0 aliphatic carbocycles. The van der Waals surface area contributed by atoms with Crippen LogP contribution in [-0.4, -0.2) is 26.1 Å². The van der Waals surface area contributed by atoms with Gasteiger partial charge in [0.1, 0.15) is 5.75 Å². The first-order valence-corrected chi connectivity index (χ1v) is 7.79. The molecule has 1 saturated heterocycles. The zero-order chi connectivity index (χ0) is 15.4. The predicted octanol–water partition coefficient (Wildman–Crippen LogP) is 2.46. The molecular formula is C18H22N2O2. The van der Waals surface area contributed by atoms with Crippen molar-refractivity contribution in [2.75, 3.05) is 20.2 Å². The lowest BCUT2D eigenvalue weighted by atomic mass is 10.0. The van der Waals surface area contributed by atoms with Crippen molar-refractivity contribution in [2.24, 2.45) is 5.92 Å². The van der Waals surface area contributed by atoms with Gasteiger partial charge in [-0.25, -0.2) is 0 Å². The van der Waals surface area contributed by atoms with E-state index in [2.05, 4.69) is 28.8 Å². The molecule has 0 radical (unpaired) electrons. The van der Waals surface area contributed by atoms with E-state index >= 15 is 0 Å². The predicted molar refractivity (Wildman–Crippen MR) is 87.9 cm³/mol.